The van der Waals surface area contributed by atoms with Crippen LogP contribution in [0.5, 0.6) is 0 Å². The van der Waals surface area contributed by atoms with Crippen molar-refractivity contribution < 1.29 is 21.2 Å². The maximum absolute atomic E-state index is 13.0. The summed E-state index contributed by atoms with van der Waals surface area (Å²) in [5.41, 5.74) is 0.481. The van der Waals surface area contributed by atoms with Gasteiger partial charge in [-0.3, -0.25) is 0 Å². The van der Waals surface area contributed by atoms with E-state index >= 15 is 0 Å². The van der Waals surface area contributed by atoms with Crippen LogP contribution in [0.2, 0.25) is 0 Å². The van der Waals surface area contributed by atoms with Gasteiger partial charge in [-0.1, -0.05) is 0 Å². The Balaban J connectivity index is 2.45. The SMILES string of the molecule is CC(C)=NN([C@@H]1CCS(=O)(=O)C1)S(=O)(=O)c1ccc(F)cc1. The van der Waals surface area contributed by atoms with Crippen molar-refractivity contribution in [2.75, 3.05) is 11.5 Å². The van der Waals surface area contributed by atoms with Crippen LogP contribution in [0.1, 0.15) is 20.3 Å². The highest BCUT2D eigenvalue weighted by atomic mass is 32.2. The summed E-state index contributed by atoms with van der Waals surface area (Å²) in [6.45, 7) is 3.24. The molecule has 0 amide bonds. The van der Waals surface area contributed by atoms with Gasteiger partial charge in [0.15, 0.2) is 9.84 Å². The number of hydrogen-bond donors (Lipinski definition) is 0. The molecule has 0 radical (unpaired) electrons. The van der Waals surface area contributed by atoms with Crippen molar-refractivity contribution in [3.63, 3.8) is 0 Å². The average Bonchev–Trinajstić information content (AvgIpc) is 2.76. The molecule has 1 heterocycles. The van der Waals surface area contributed by atoms with E-state index in [2.05, 4.69) is 5.10 Å². The Kier molecular flexibility index (Phi) is 4.57. The minimum absolute atomic E-state index is 0.0641. The topological polar surface area (TPSA) is 83.9 Å². The molecule has 22 heavy (non-hydrogen) atoms. The lowest BCUT2D eigenvalue weighted by molar-refractivity contribution is 0.355. The Bertz CT molecular complexity index is 782. The molecule has 0 saturated carbocycles. The molecule has 0 aliphatic carbocycles. The number of hydrogen-bond acceptors (Lipinski definition) is 5. The van der Waals surface area contributed by atoms with Crippen molar-refractivity contribution in [2.45, 2.75) is 31.2 Å². The summed E-state index contributed by atoms with van der Waals surface area (Å²) in [6.07, 6.45) is 0.194. The molecule has 6 nitrogen and oxygen atoms in total. The van der Waals surface area contributed by atoms with Gasteiger partial charge in [-0.25, -0.2) is 12.8 Å². The van der Waals surface area contributed by atoms with E-state index in [0.717, 1.165) is 28.7 Å². The minimum Gasteiger partial charge on any atom is -0.229 e. The zero-order valence-corrected chi connectivity index (χ0v) is 13.9. The van der Waals surface area contributed by atoms with Gasteiger partial charge in [0.05, 0.1) is 22.4 Å². The molecular formula is C13H17FN2O4S2. The van der Waals surface area contributed by atoms with Crippen LogP contribution in [0.3, 0.4) is 0 Å². The number of rotatable bonds is 4. The molecule has 1 aromatic carbocycles. The van der Waals surface area contributed by atoms with Crippen molar-refractivity contribution in [1.82, 2.24) is 4.41 Å². The van der Waals surface area contributed by atoms with E-state index in [4.69, 9.17) is 0 Å². The Morgan fingerprint density at radius 2 is 1.86 bits per heavy atom. The second kappa shape index (κ2) is 5.96. The Morgan fingerprint density at radius 1 is 1.27 bits per heavy atom. The van der Waals surface area contributed by atoms with Crippen molar-refractivity contribution in [3.05, 3.63) is 30.1 Å². The van der Waals surface area contributed by atoms with Crippen LogP contribution in [0.15, 0.2) is 34.3 Å². The number of halogens is 1. The van der Waals surface area contributed by atoms with E-state index < -0.39 is 31.7 Å². The number of benzene rings is 1. The maximum Gasteiger partial charge on any atom is 0.279 e. The summed E-state index contributed by atoms with van der Waals surface area (Å²) < 4.78 is 62.4. The van der Waals surface area contributed by atoms with Gasteiger partial charge >= 0.3 is 0 Å². The molecule has 1 saturated heterocycles. The molecule has 9 heteroatoms. The Labute approximate surface area is 129 Å². The smallest absolute Gasteiger partial charge is 0.229 e. The van der Waals surface area contributed by atoms with Crippen LogP contribution >= 0.6 is 0 Å². The van der Waals surface area contributed by atoms with Crippen LogP contribution in [-0.4, -0.2) is 44.5 Å². The van der Waals surface area contributed by atoms with Gasteiger partial charge in [0.25, 0.3) is 10.0 Å². The predicted molar refractivity (Wildman–Crippen MR) is 81.3 cm³/mol. The number of hydrazone groups is 1. The first-order valence-corrected chi connectivity index (χ1v) is 9.90. The van der Waals surface area contributed by atoms with E-state index in [1.165, 1.54) is 0 Å². The normalized spacial score (nSPS) is 20.6. The van der Waals surface area contributed by atoms with Crippen LogP contribution in [0.4, 0.5) is 4.39 Å². The predicted octanol–water partition coefficient (Wildman–Crippen LogP) is 1.40. The molecule has 2 rings (SSSR count). The van der Waals surface area contributed by atoms with Crippen LogP contribution in [-0.2, 0) is 19.9 Å². The molecular weight excluding hydrogens is 331 g/mol. The van der Waals surface area contributed by atoms with Gasteiger partial charge < -0.3 is 0 Å². The van der Waals surface area contributed by atoms with Gasteiger partial charge in [0, 0.05) is 5.71 Å². The maximum atomic E-state index is 13.0. The summed E-state index contributed by atoms with van der Waals surface area (Å²) in [6, 6.07) is 3.62. The van der Waals surface area contributed by atoms with E-state index in [9.17, 15) is 21.2 Å². The fraction of sp³-hybridized carbons (Fsp3) is 0.462. The van der Waals surface area contributed by atoms with Crippen molar-refractivity contribution >= 4 is 25.6 Å². The first kappa shape index (κ1) is 16.9. The van der Waals surface area contributed by atoms with E-state index in [0.29, 0.717) is 5.71 Å². The fourth-order valence-electron chi connectivity index (χ4n) is 2.19. The van der Waals surface area contributed by atoms with E-state index in [-0.39, 0.29) is 22.8 Å². The fourth-order valence-corrected chi connectivity index (χ4v) is 5.52. The monoisotopic (exact) mass is 348 g/mol. The van der Waals surface area contributed by atoms with E-state index in [1.807, 2.05) is 0 Å². The lowest BCUT2D eigenvalue weighted by Crippen LogP contribution is -2.37. The molecule has 1 fully saturated rings. The molecule has 0 aromatic heterocycles. The molecule has 0 N–H and O–H groups in total. The molecule has 1 aliphatic heterocycles. The Hall–Kier alpha value is -1.48. The Morgan fingerprint density at radius 3 is 2.32 bits per heavy atom. The van der Waals surface area contributed by atoms with Gasteiger partial charge in [-0.15, -0.1) is 0 Å². The second-order valence-electron chi connectivity index (χ2n) is 5.34. The summed E-state index contributed by atoms with van der Waals surface area (Å²) in [7, 11) is -7.29. The van der Waals surface area contributed by atoms with E-state index in [1.54, 1.807) is 13.8 Å². The quantitative estimate of drug-likeness (QED) is 0.608. The summed E-state index contributed by atoms with van der Waals surface area (Å²) >= 11 is 0. The molecule has 0 bridgehead atoms. The van der Waals surface area contributed by atoms with Crippen molar-refractivity contribution in [2.24, 2.45) is 5.10 Å². The third-order valence-corrected chi connectivity index (χ3v) is 6.67. The zero-order valence-electron chi connectivity index (χ0n) is 12.2. The molecule has 0 spiro atoms. The van der Waals surface area contributed by atoms with Gasteiger partial charge in [0.1, 0.15) is 5.82 Å². The third-order valence-electron chi connectivity index (χ3n) is 3.18. The molecule has 1 aliphatic rings. The van der Waals surface area contributed by atoms with Crippen LogP contribution < -0.4 is 0 Å². The van der Waals surface area contributed by atoms with Gasteiger partial charge in [-0.05, 0) is 44.5 Å². The first-order valence-electron chi connectivity index (χ1n) is 6.64. The van der Waals surface area contributed by atoms with Crippen molar-refractivity contribution in [3.8, 4) is 0 Å². The lowest BCUT2D eigenvalue weighted by Gasteiger charge is -2.25. The standard InChI is InChI=1S/C13H17FN2O4S2/c1-10(2)15-16(12-7-8-21(17,18)9-12)22(19,20)13-5-3-11(14)4-6-13/h3-6,12H,7-9H2,1-2H3/t12-/m1/s1. The van der Waals surface area contributed by atoms with Gasteiger partial charge in [0.2, 0.25) is 0 Å². The molecule has 122 valence electrons. The second-order valence-corrected chi connectivity index (χ2v) is 9.36. The van der Waals surface area contributed by atoms with Crippen LogP contribution in [0, 0.1) is 5.82 Å². The zero-order chi connectivity index (χ0) is 16.5. The summed E-state index contributed by atoms with van der Waals surface area (Å²) in [5.74, 6) is -0.876. The number of sulfonamides is 1. The first-order chi connectivity index (χ1) is 10.1. The molecule has 0 unspecified atom stereocenters. The third kappa shape index (κ3) is 3.64. The average molecular weight is 348 g/mol. The van der Waals surface area contributed by atoms with Crippen LogP contribution in [0.25, 0.3) is 0 Å². The highest BCUT2D eigenvalue weighted by Gasteiger charge is 2.38. The largest absolute Gasteiger partial charge is 0.279 e. The van der Waals surface area contributed by atoms with Crippen molar-refractivity contribution in [1.29, 1.82) is 0 Å². The van der Waals surface area contributed by atoms with Gasteiger partial charge in [-0.2, -0.15) is 17.9 Å². The molecule has 1 aromatic rings. The lowest BCUT2D eigenvalue weighted by atomic mass is 10.3. The highest BCUT2D eigenvalue weighted by molar-refractivity contribution is 7.92. The molecule has 1 atom stereocenters. The summed E-state index contributed by atoms with van der Waals surface area (Å²) in [5, 5.41) is 4.00. The highest BCUT2D eigenvalue weighted by Crippen LogP contribution is 2.25. The summed E-state index contributed by atoms with van der Waals surface area (Å²) in [4.78, 5) is -0.122. The number of nitrogens with zero attached hydrogens (tertiary/aromatic N) is 2. The minimum atomic E-state index is -4.03. The number of sulfone groups is 1.